The molecule has 0 spiro atoms. The third-order valence-corrected chi connectivity index (χ3v) is 3.26. The Morgan fingerprint density at radius 2 is 1.95 bits per heavy atom. The van der Waals surface area contributed by atoms with Gasteiger partial charge in [0, 0.05) is 16.1 Å². The lowest BCUT2D eigenvalue weighted by atomic mass is 10.1. The molecule has 0 aliphatic carbocycles. The molecule has 0 fully saturated rings. The second-order valence-electron chi connectivity index (χ2n) is 3.95. The van der Waals surface area contributed by atoms with Crippen LogP contribution in [0.25, 0.3) is 0 Å². The van der Waals surface area contributed by atoms with Gasteiger partial charge in [-0.15, -0.1) is 0 Å². The molecule has 6 heteroatoms. The molecule has 0 aliphatic heterocycles. The summed E-state index contributed by atoms with van der Waals surface area (Å²) >= 11 is 3.29. The number of carbonyl (C=O) groups excluding carboxylic acids is 1. The zero-order chi connectivity index (χ0) is 14.5. The average molecular weight is 336 g/mol. The van der Waals surface area contributed by atoms with E-state index < -0.39 is 4.92 Å². The van der Waals surface area contributed by atoms with E-state index in [0.29, 0.717) is 15.8 Å². The van der Waals surface area contributed by atoms with E-state index in [1.165, 1.54) is 18.2 Å². The van der Waals surface area contributed by atoms with Crippen LogP contribution in [0.15, 0.2) is 53.0 Å². The lowest BCUT2D eigenvalue weighted by molar-refractivity contribution is -0.384. The highest BCUT2D eigenvalue weighted by Crippen LogP contribution is 2.20. The average Bonchev–Trinajstić information content (AvgIpc) is 2.45. The van der Waals surface area contributed by atoms with Crippen LogP contribution in [0.1, 0.15) is 10.4 Å². The van der Waals surface area contributed by atoms with E-state index in [1.54, 1.807) is 24.3 Å². The highest BCUT2D eigenvalue weighted by molar-refractivity contribution is 9.10. The fraction of sp³-hybridized carbons (Fsp3) is 0.0714. The summed E-state index contributed by atoms with van der Waals surface area (Å²) in [5, 5.41) is 10.6. The molecular weight excluding hydrogens is 326 g/mol. The van der Waals surface area contributed by atoms with Crippen LogP contribution in [0.3, 0.4) is 0 Å². The van der Waals surface area contributed by atoms with Crippen molar-refractivity contribution in [1.82, 2.24) is 0 Å². The van der Waals surface area contributed by atoms with E-state index >= 15 is 0 Å². The maximum atomic E-state index is 12.0. The quantitative estimate of drug-likeness (QED) is 0.475. The smallest absolute Gasteiger partial charge is 0.273 e. The number of nitro benzene ring substituents is 1. The van der Waals surface area contributed by atoms with Crippen LogP contribution < -0.4 is 4.74 Å². The largest absolute Gasteiger partial charge is 0.485 e. The van der Waals surface area contributed by atoms with E-state index in [-0.39, 0.29) is 18.1 Å². The van der Waals surface area contributed by atoms with Gasteiger partial charge in [0.15, 0.2) is 6.61 Å². The monoisotopic (exact) mass is 335 g/mol. The molecule has 0 atom stereocenters. The molecule has 20 heavy (non-hydrogen) atoms. The summed E-state index contributed by atoms with van der Waals surface area (Å²) in [5.74, 6) is 0.0867. The molecule has 0 radical (unpaired) electrons. The molecule has 0 amide bonds. The van der Waals surface area contributed by atoms with Gasteiger partial charge in [-0.05, 0) is 12.1 Å². The van der Waals surface area contributed by atoms with Crippen LogP contribution in [0.2, 0.25) is 0 Å². The Labute approximate surface area is 123 Å². The van der Waals surface area contributed by atoms with Gasteiger partial charge in [0.05, 0.1) is 11.0 Å². The second-order valence-corrected chi connectivity index (χ2v) is 4.80. The number of benzene rings is 2. The minimum Gasteiger partial charge on any atom is -0.485 e. The van der Waals surface area contributed by atoms with Gasteiger partial charge in [-0.25, -0.2) is 0 Å². The third-order valence-electron chi connectivity index (χ3n) is 2.57. The Morgan fingerprint density at radius 3 is 2.65 bits per heavy atom. The van der Waals surface area contributed by atoms with Gasteiger partial charge in [-0.2, -0.15) is 0 Å². The normalized spacial score (nSPS) is 10.1. The maximum absolute atomic E-state index is 12.0. The Balaban J connectivity index is 2.06. The van der Waals surface area contributed by atoms with Crippen LogP contribution in [-0.4, -0.2) is 17.3 Å². The van der Waals surface area contributed by atoms with Gasteiger partial charge >= 0.3 is 0 Å². The predicted octanol–water partition coefficient (Wildman–Crippen LogP) is 3.62. The zero-order valence-electron chi connectivity index (χ0n) is 10.3. The minimum atomic E-state index is -0.511. The molecule has 0 heterocycles. The Hall–Kier alpha value is -2.21. The molecule has 0 unspecified atom stereocenters. The first-order valence-electron chi connectivity index (χ1n) is 5.73. The summed E-state index contributed by atoms with van der Waals surface area (Å²) in [6.45, 7) is -0.177. The minimum absolute atomic E-state index is 0.0733. The summed E-state index contributed by atoms with van der Waals surface area (Å²) in [7, 11) is 0. The first-order valence-corrected chi connectivity index (χ1v) is 6.52. The van der Waals surface area contributed by atoms with Gasteiger partial charge in [-0.1, -0.05) is 40.2 Å². The van der Waals surface area contributed by atoms with Gasteiger partial charge in [0.2, 0.25) is 5.78 Å². The van der Waals surface area contributed by atoms with Crippen LogP contribution >= 0.6 is 15.9 Å². The van der Waals surface area contributed by atoms with E-state index in [4.69, 9.17) is 4.74 Å². The highest BCUT2D eigenvalue weighted by Gasteiger charge is 2.11. The summed E-state index contributed by atoms with van der Waals surface area (Å²) in [6, 6.07) is 12.7. The van der Waals surface area contributed by atoms with Gasteiger partial charge in [0.25, 0.3) is 5.69 Å². The van der Waals surface area contributed by atoms with E-state index in [0.717, 1.165) is 0 Å². The fourth-order valence-electron chi connectivity index (χ4n) is 1.60. The SMILES string of the molecule is O=C(COc1cccc([N+](=O)[O-])c1)c1ccccc1Br. The molecule has 0 aliphatic rings. The van der Waals surface area contributed by atoms with Crippen molar-refractivity contribution >= 4 is 27.4 Å². The van der Waals surface area contributed by atoms with E-state index in [9.17, 15) is 14.9 Å². The summed E-state index contributed by atoms with van der Waals surface area (Å²) in [4.78, 5) is 22.1. The van der Waals surface area contributed by atoms with Crippen LogP contribution in [0.5, 0.6) is 5.75 Å². The van der Waals surface area contributed by atoms with Crippen LogP contribution in [0, 0.1) is 10.1 Å². The Morgan fingerprint density at radius 1 is 1.20 bits per heavy atom. The second kappa shape index (κ2) is 6.29. The number of Topliss-reactive ketones (excluding diaryl/α,β-unsaturated/α-hetero) is 1. The van der Waals surface area contributed by atoms with Gasteiger partial charge in [0.1, 0.15) is 5.75 Å². The number of hydrogen-bond donors (Lipinski definition) is 0. The molecule has 5 nitrogen and oxygen atoms in total. The fourth-order valence-corrected chi connectivity index (χ4v) is 2.11. The van der Waals surface area contributed by atoms with Crippen molar-refractivity contribution in [2.75, 3.05) is 6.61 Å². The summed E-state index contributed by atoms with van der Waals surface area (Å²) in [6.07, 6.45) is 0. The van der Waals surface area contributed by atoms with Crippen LogP contribution in [-0.2, 0) is 0 Å². The predicted molar refractivity (Wildman–Crippen MR) is 77.1 cm³/mol. The number of nitrogens with zero attached hydrogens (tertiary/aromatic N) is 1. The highest BCUT2D eigenvalue weighted by atomic mass is 79.9. The standard InChI is InChI=1S/C14H10BrNO4/c15-13-7-2-1-6-12(13)14(17)9-20-11-5-3-4-10(8-11)16(18)19/h1-8H,9H2. The number of halogens is 1. The number of non-ortho nitro benzene ring substituents is 1. The molecule has 0 aromatic heterocycles. The third kappa shape index (κ3) is 3.42. The lowest BCUT2D eigenvalue weighted by Gasteiger charge is -2.06. The first-order chi connectivity index (χ1) is 9.58. The molecule has 0 saturated carbocycles. The van der Waals surface area contributed by atoms with Crippen LogP contribution in [0.4, 0.5) is 5.69 Å². The van der Waals surface area contributed by atoms with E-state index in [1.807, 2.05) is 6.07 Å². The number of rotatable bonds is 5. The number of nitro groups is 1. The van der Waals surface area contributed by atoms with E-state index in [2.05, 4.69) is 15.9 Å². The Bertz CT molecular complexity index is 657. The number of ketones is 1. The number of carbonyl (C=O) groups is 1. The number of ether oxygens (including phenoxy) is 1. The molecule has 0 saturated heterocycles. The molecular formula is C14H10BrNO4. The van der Waals surface area contributed by atoms with Crippen molar-refractivity contribution in [3.63, 3.8) is 0 Å². The molecule has 0 bridgehead atoms. The summed E-state index contributed by atoms with van der Waals surface area (Å²) in [5.41, 5.74) is 0.439. The zero-order valence-corrected chi connectivity index (χ0v) is 11.9. The Kier molecular flexibility index (Phi) is 4.47. The van der Waals surface area contributed by atoms with Crippen molar-refractivity contribution in [2.24, 2.45) is 0 Å². The molecule has 0 N–H and O–H groups in total. The summed E-state index contributed by atoms with van der Waals surface area (Å²) < 4.78 is 5.98. The van der Waals surface area contributed by atoms with Crippen molar-refractivity contribution in [3.8, 4) is 5.75 Å². The van der Waals surface area contributed by atoms with Crippen molar-refractivity contribution in [1.29, 1.82) is 0 Å². The van der Waals surface area contributed by atoms with Gasteiger partial charge in [-0.3, -0.25) is 14.9 Å². The van der Waals surface area contributed by atoms with Gasteiger partial charge < -0.3 is 4.74 Å². The molecule has 102 valence electrons. The number of hydrogen-bond acceptors (Lipinski definition) is 4. The van der Waals surface area contributed by atoms with Crippen molar-refractivity contribution in [3.05, 3.63) is 68.7 Å². The molecule has 2 aromatic carbocycles. The first kappa shape index (κ1) is 14.2. The molecule has 2 rings (SSSR count). The topological polar surface area (TPSA) is 69.4 Å². The molecule has 2 aromatic rings. The van der Waals surface area contributed by atoms with Crippen molar-refractivity contribution in [2.45, 2.75) is 0 Å². The maximum Gasteiger partial charge on any atom is 0.273 e. The lowest BCUT2D eigenvalue weighted by Crippen LogP contribution is -2.12. The van der Waals surface area contributed by atoms with Crippen molar-refractivity contribution < 1.29 is 14.5 Å².